The second-order valence-corrected chi connectivity index (χ2v) is 8.11. The molecular formula is C20H27BrN2O2. The minimum atomic E-state index is -0.117. The van der Waals surface area contributed by atoms with Crippen molar-refractivity contribution in [3.8, 4) is 0 Å². The molecule has 0 radical (unpaired) electrons. The summed E-state index contributed by atoms with van der Waals surface area (Å²) in [6.07, 6.45) is 9.93. The fourth-order valence-electron chi connectivity index (χ4n) is 4.19. The summed E-state index contributed by atoms with van der Waals surface area (Å²) < 4.78 is 0.947. The molecule has 4 nitrogen and oxygen atoms in total. The molecule has 0 bridgehead atoms. The standard InChI is InChI=1S/C20H27BrN2O2/c21-16-11-9-15(10-12-16)20(25)22-14-13-19(24)23(17-5-1-2-6-17)18-7-3-4-8-18/h9-12,17-18H,1-8,13-14H2,(H,22,25). The lowest BCUT2D eigenvalue weighted by Crippen LogP contribution is -2.46. The third-order valence-corrected chi connectivity index (χ3v) is 5.98. The summed E-state index contributed by atoms with van der Waals surface area (Å²) in [7, 11) is 0. The highest BCUT2D eigenvalue weighted by atomic mass is 79.9. The molecule has 0 aliphatic heterocycles. The summed E-state index contributed by atoms with van der Waals surface area (Å²) >= 11 is 3.36. The average molecular weight is 407 g/mol. The highest BCUT2D eigenvalue weighted by Crippen LogP contribution is 2.32. The van der Waals surface area contributed by atoms with Gasteiger partial charge >= 0.3 is 0 Å². The lowest BCUT2D eigenvalue weighted by atomic mass is 10.1. The van der Waals surface area contributed by atoms with Gasteiger partial charge in [0.15, 0.2) is 0 Å². The zero-order chi connectivity index (χ0) is 17.6. The Labute approximate surface area is 158 Å². The molecule has 0 heterocycles. The van der Waals surface area contributed by atoms with Crippen LogP contribution in [0, 0.1) is 0 Å². The number of rotatable bonds is 6. The quantitative estimate of drug-likeness (QED) is 0.765. The van der Waals surface area contributed by atoms with Crippen LogP contribution in [0.3, 0.4) is 0 Å². The van der Waals surface area contributed by atoms with Crippen molar-refractivity contribution in [3.05, 3.63) is 34.3 Å². The van der Waals surface area contributed by atoms with Crippen molar-refractivity contribution in [2.75, 3.05) is 6.54 Å². The van der Waals surface area contributed by atoms with E-state index >= 15 is 0 Å². The monoisotopic (exact) mass is 406 g/mol. The number of carbonyl (C=O) groups excluding carboxylic acids is 2. The molecule has 2 fully saturated rings. The second-order valence-electron chi connectivity index (χ2n) is 7.19. The predicted octanol–water partition coefficient (Wildman–Crippen LogP) is 4.28. The SMILES string of the molecule is O=C(NCCC(=O)N(C1CCCC1)C1CCCC1)c1ccc(Br)cc1. The Hall–Kier alpha value is -1.36. The summed E-state index contributed by atoms with van der Waals surface area (Å²) in [6, 6.07) is 8.12. The van der Waals surface area contributed by atoms with Gasteiger partial charge in [0, 0.05) is 35.1 Å². The Morgan fingerprint density at radius 1 is 0.960 bits per heavy atom. The van der Waals surface area contributed by atoms with Crippen LogP contribution < -0.4 is 5.32 Å². The summed E-state index contributed by atoms with van der Waals surface area (Å²) in [4.78, 5) is 27.2. The first-order chi connectivity index (χ1) is 12.1. The molecule has 0 atom stereocenters. The van der Waals surface area contributed by atoms with Crippen LogP contribution in [0.5, 0.6) is 0 Å². The summed E-state index contributed by atoms with van der Waals surface area (Å²) in [5.74, 6) is 0.100. The highest BCUT2D eigenvalue weighted by Gasteiger charge is 2.33. The van der Waals surface area contributed by atoms with Gasteiger partial charge in [0.25, 0.3) is 5.91 Å². The number of carbonyl (C=O) groups is 2. The number of hydrogen-bond acceptors (Lipinski definition) is 2. The van der Waals surface area contributed by atoms with E-state index in [1.54, 1.807) is 12.1 Å². The molecule has 1 N–H and O–H groups in total. The van der Waals surface area contributed by atoms with Crippen LogP contribution >= 0.6 is 15.9 Å². The van der Waals surface area contributed by atoms with Crippen LogP contribution in [-0.2, 0) is 4.79 Å². The van der Waals surface area contributed by atoms with E-state index in [9.17, 15) is 9.59 Å². The molecule has 136 valence electrons. The van der Waals surface area contributed by atoms with Gasteiger partial charge in [-0.1, -0.05) is 41.6 Å². The van der Waals surface area contributed by atoms with Crippen LogP contribution in [0.25, 0.3) is 0 Å². The summed E-state index contributed by atoms with van der Waals surface area (Å²) in [6.45, 7) is 0.406. The molecule has 0 spiro atoms. The molecule has 0 saturated heterocycles. The minimum absolute atomic E-state index is 0.117. The topological polar surface area (TPSA) is 49.4 Å². The number of nitrogens with one attached hydrogen (secondary N) is 1. The molecule has 3 rings (SSSR count). The van der Waals surface area contributed by atoms with E-state index in [1.807, 2.05) is 12.1 Å². The van der Waals surface area contributed by atoms with E-state index in [-0.39, 0.29) is 11.8 Å². The first-order valence-electron chi connectivity index (χ1n) is 9.50. The second kappa shape index (κ2) is 8.84. The summed E-state index contributed by atoms with van der Waals surface area (Å²) in [5.41, 5.74) is 0.624. The van der Waals surface area contributed by atoms with Crippen molar-refractivity contribution in [1.29, 1.82) is 0 Å². The summed E-state index contributed by atoms with van der Waals surface area (Å²) in [5, 5.41) is 2.88. The molecule has 2 saturated carbocycles. The Bertz CT molecular complexity index is 574. The zero-order valence-electron chi connectivity index (χ0n) is 14.7. The van der Waals surface area contributed by atoms with E-state index in [4.69, 9.17) is 0 Å². The lowest BCUT2D eigenvalue weighted by Gasteiger charge is -2.35. The molecule has 0 aromatic heterocycles. The first-order valence-corrected chi connectivity index (χ1v) is 10.3. The van der Waals surface area contributed by atoms with E-state index in [1.165, 1.54) is 25.7 Å². The van der Waals surface area contributed by atoms with Gasteiger partial charge in [-0.2, -0.15) is 0 Å². The smallest absolute Gasteiger partial charge is 0.251 e. The van der Waals surface area contributed by atoms with Gasteiger partial charge in [-0.15, -0.1) is 0 Å². The van der Waals surface area contributed by atoms with E-state index in [0.717, 1.165) is 30.2 Å². The molecule has 2 aliphatic rings. The predicted molar refractivity (Wildman–Crippen MR) is 102 cm³/mol. The average Bonchev–Trinajstić information content (AvgIpc) is 3.30. The Balaban J connectivity index is 1.52. The first kappa shape index (κ1) is 18.4. The maximum absolute atomic E-state index is 12.8. The van der Waals surface area contributed by atoms with Crippen molar-refractivity contribution in [2.45, 2.75) is 69.9 Å². The van der Waals surface area contributed by atoms with Crippen LogP contribution in [-0.4, -0.2) is 35.3 Å². The number of benzene rings is 1. The molecule has 1 aromatic rings. The molecule has 1 aromatic carbocycles. The Morgan fingerprint density at radius 2 is 1.48 bits per heavy atom. The minimum Gasteiger partial charge on any atom is -0.352 e. The van der Waals surface area contributed by atoms with Gasteiger partial charge in [0.1, 0.15) is 0 Å². The van der Waals surface area contributed by atoms with Gasteiger partial charge in [0.05, 0.1) is 0 Å². The molecule has 25 heavy (non-hydrogen) atoms. The number of halogens is 1. The van der Waals surface area contributed by atoms with E-state index < -0.39 is 0 Å². The normalized spacial score (nSPS) is 18.4. The highest BCUT2D eigenvalue weighted by molar-refractivity contribution is 9.10. The van der Waals surface area contributed by atoms with Gasteiger partial charge in [0.2, 0.25) is 5.91 Å². The molecule has 2 aliphatic carbocycles. The third kappa shape index (κ3) is 4.84. The van der Waals surface area contributed by atoms with Crippen LogP contribution in [0.15, 0.2) is 28.7 Å². The van der Waals surface area contributed by atoms with Gasteiger partial charge in [-0.25, -0.2) is 0 Å². The van der Waals surface area contributed by atoms with Crippen LogP contribution in [0.1, 0.15) is 68.1 Å². The molecule has 2 amide bonds. The van der Waals surface area contributed by atoms with Crippen molar-refractivity contribution in [2.24, 2.45) is 0 Å². The zero-order valence-corrected chi connectivity index (χ0v) is 16.3. The Morgan fingerprint density at radius 3 is 2.00 bits per heavy atom. The maximum Gasteiger partial charge on any atom is 0.251 e. The number of hydrogen-bond donors (Lipinski definition) is 1. The lowest BCUT2D eigenvalue weighted by molar-refractivity contribution is -0.136. The third-order valence-electron chi connectivity index (χ3n) is 5.45. The van der Waals surface area contributed by atoms with E-state index in [0.29, 0.717) is 30.6 Å². The molecule has 0 unspecified atom stereocenters. The fourth-order valence-corrected chi connectivity index (χ4v) is 4.45. The van der Waals surface area contributed by atoms with Crippen molar-refractivity contribution in [3.63, 3.8) is 0 Å². The number of amides is 2. The number of nitrogens with zero attached hydrogens (tertiary/aromatic N) is 1. The van der Waals surface area contributed by atoms with Gasteiger partial charge < -0.3 is 10.2 Å². The van der Waals surface area contributed by atoms with Gasteiger partial charge in [-0.05, 0) is 49.9 Å². The maximum atomic E-state index is 12.8. The molecular weight excluding hydrogens is 380 g/mol. The van der Waals surface area contributed by atoms with Crippen molar-refractivity contribution >= 4 is 27.7 Å². The van der Waals surface area contributed by atoms with Crippen molar-refractivity contribution in [1.82, 2.24) is 10.2 Å². The van der Waals surface area contributed by atoms with Crippen LogP contribution in [0.4, 0.5) is 0 Å². The Kier molecular flexibility index (Phi) is 6.51. The van der Waals surface area contributed by atoms with E-state index in [2.05, 4.69) is 26.1 Å². The van der Waals surface area contributed by atoms with Crippen molar-refractivity contribution < 1.29 is 9.59 Å². The molecule has 5 heteroatoms. The van der Waals surface area contributed by atoms with Gasteiger partial charge in [-0.3, -0.25) is 9.59 Å². The fraction of sp³-hybridized carbons (Fsp3) is 0.600. The van der Waals surface area contributed by atoms with Crippen LogP contribution in [0.2, 0.25) is 0 Å². The largest absolute Gasteiger partial charge is 0.352 e.